The highest BCUT2D eigenvalue weighted by atomic mass is 32.2. The van der Waals surface area contributed by atoms with E-state index in [1.165, 1.54) is 30.0 Å². The third-order valence-electron chi connectivity index (χ3n) is 3.64. The highest BCUT2D eigenvalue weighted by Gasteiger charge is 2.11. The third-order valence-corrected chi connectivity index (χ3v) is 4.77. The molecule has 0 fully saturated rings. The van der Waals surface area contributed by atoms with Crippen LogP contribution >= 0.6 is 11.8 Å². The third kappa shape index (κ3) is 4.34. The summed E-state index contributed by atoms with van der Waals surface area (Å²) in [7, 11) is 1.61. The number of methoxy groups -OCH3 is 1. The summed E-state index contributed by atoms with van der Waals surface area (Å²) in [5.41, 5.74) is 0.956. The van der Waals surface area contributed by atoms with Gasteiger partial charge in [-0.25, -0.2) is 0 Å². The number of benzene rings is 3. The first-order valence-electron chi connectivity index (χ1n) is 7.84. The van der Waals surface area contributed by atoms with Crippen LogP contribution in [0.15, 0.2) is 70.5 Å². The Kier molecular flexibility index (Phi) is 5.43. The Hall–Kier alpha value is -2.99. The normalized spacial score (nSPS) is 10.5. The summed E-state index contributed by atoms with van der Waals surface area (Å²) in [5, 5.41) is 29.2. The van der Waals surface area contributed by atoms with Gasteiger partial charge in [0.2, 0.25) is 0 Å². The largest absolute Gasteiger partial charge is 0.508 e. The maximum absolute atomic E-state index is 9.97. The smallest absolute Gasteiger partial charge is 0.137 e. The van der Waals surface area contributed by atoms with Crippen molar-refractivity contribution in [2.24, 2.45) is 0 Å². The molecule has 3 N–H and O–H groups in total. The Morgan fingerprint density at radius 2 is 1.46 bits per heavy atom. The molecule has 0 spiro atoms. The van der Waals surface area contributed by atoms with Crippen LogP contribution < -0.4 is 9.47 Å². The first kappa shape index (κ1) is 17.8. The molecule has 0 saturated carbocycles. The minimum absolute atomic E-state index is 0.00599. The van der Waals surface area contributed by atoms with Gasteiger partial charge in [0, 0.05) is 12.1 Å². The van der Waals surface area contributed by atoms with Gasteiger partial charge in [0.25, 0.3) is 0 Å². The van der Waals surface area contributed by atoms with Gasteiger partial charge >= 0.3 is 0 Å². The minimum atomic E-state index is -0.0239. The number of phenols is 3. The fourth-order valence-corrected chi connectivity index (χ4v) is 3.18. The van der Waals surface area contributed by atoms with Gasteiger partial charge < -0.3 is 24.8 Å². The monoisotopic (exact) mass is 370 g/mol. The summed E-state index contributed by atoms with van der Waals surface area (Å²) >= 11 is 1.28. The zero-order valence-corrected chi connectivity index (χ0v) is 14.9. The number of aromatic hydroxyl groups is 3. The number of hydrogen-bond acceptors (Lipinski definition) is 6. The lowest BCUT2D eigenvalue weighted by atomic mass is 10.2. The van der Waals surface area contributed by atoms with Crippen molar-refractivity contribution in [1.29, 1.82) is 0 Å². The van der Waals surface area contributed by atoms with Crippen molar-refractivity contribution in [2.75, 3.05) is 7.11 Å². The van der Waals surface area contributed by atoms with E-state index in [1.807, 2.05) is 24.3 Å². The van der Waals surface area contributed by atoms with E-state index in [9.17, 15) is 15.3 Å². The molecule has 26 heavy (non-hydrogen) atoms. The van der Waals surface area contributed by atoms with E-state index in [0.717, 1.165) is 16.2 Å². The van der Waals surface area contributed by atoms with Crippen molar-refractivity contribution in [3.63, 3.8) is 0 Å². The lowest BCUT2D eigenvalue weighted by molar-refractivity contribution is 0.296. The lowest BCUT2D eigenvalue weighted by Crippen LogP contribution is -1.97. The van der Waals surface area contributed by atoms with E-state index in [4.69, 9.17) is 9.47 Å². The number of phenolic OH excluding ortho intramolecular Hbond substituents is 3. The molecule has 0 aliphatic rings. The minimum Gasteiger partial charge on any atom is -0.508 e. The first-order chi connectivity index (χ1) is 12.5. The zero-order valence-electron chi connectivity index (χ0n) is 14.0. The number of ether oxygens (including phenoxy) is 2. The van der Waals surface area contributed by atoms with Gasteiger partial charge in [-0.05, 0) is 42.0 Å². The molecule has 0 bridgehead atoms. The quantitative estimate of drug-likeness (QED) is 0.591. The standard InChI is InChI=1S/C20H18O5S/c1-24-16-6-2-13(3-7-16)12-25-18-11-15(22)5-9-20(18)26-19-8-4-14(21)10-17(19)23/h2-11,21-23H,12H2,1H3. The molecule has 5 nitrogen and oxygen atoms in total. The van der Waals surface area contributed by atoms with E-state index in [0.29, 0.717) is 17.3 Å². The molecule has 0 amide bonds. The van der Waals surface area contributed by atoms with Crippen LogP contribution in [0.25, 0.3) is 0 Å². The average molecular weight is 370 g/mol. The Morgan fingerprint density at radius 1 is 0.808 bits per heavy atom. The topological polar surface area (TPSA) is 79.2 Å². The Balaban J connectivity index is 1.78. The van der Waals surface area contributed by atoms with E-state index >= 15 is 0 Å². The van der Waals surface area contributed by atoms with Gasteiger partial charge in [-0.1, -0.05) is 23.9 Å². The second-order valence-corrected chi connectivity index (χ2v) is 6.61. The molecule has 0 radical (unpaired) electrons. The van der Waals surface area contributed by atoms with E-state index < -0.39 is 0 Å². The van der Waals surface area contributed by atoms with Gasteiger partial charge in [0.05, 0.1) is 16.9 Å². The molecule has 0 aliphatic heterocycles. The van der Waals surface area contributed by atoms with Crippen LogP contribution in [0, 0.1) is 0 Å². The molecular formula is C20H18O5S. The number of hydrogen-bond donors (Lipinski definition) is 3. The first-order valence-corrected chi connectivity index (χ1v) is 8.65. The number of rotatable bonds is 6. The van der Waals surface area contributed by atoms with Crippen molar-refractivity contribution in [3.05, 3.63) is 66.2 Å². The van der Waals surface area contributed by atoms with Crippen molar-refractivity contribution in [3.8, 4) is 28.7 Å². The molecule has 0 atom stereocenters. The average Bonchev–Trinajstić information content (AvgIpc) is 2.64. The molecule has 0 aromatic heterocycles. The summed E-state index contributed by atoms with van der Waals surface area (Å²) in [5.74, 6) is 1.33. The van der Waals surface area contributed by atoms with Crippen molar-refractivity contribution >= 4 is 11.8 Å². The van der Waals surface area contributed by atoms with Gasteiger partial charge in [-0.15, -0.1) is 0 Å². The summed E-state index contributed by atoms with van der Waals surface area (Å²) < 4.78 is 11.0. The summed E-state index contributed by atoms with van der Waals surface area (Å²) in [4.78, 5) is 1.31. The fraction of sp³-hybridized carbons (Fsp3) is 0.100. The van der Waals surface area contributed by atoms with E-state index in [2.05, 4.69) is 0 Å². The van der Waals surface area contributed by atoms with Gasteiger partial charge in [-0.3, -0.25) is 0 Å². The van der Waals surface area contributed by atoms with Crippen LogP contribution in [0.2, 0.25) is 0 Å². The van der Waals surface area contributed by atoms with Crippen LogP contribution in [-0.4, -0.2) is 22.4 Å². The van der Waals surface area contributed by atoms with Gasteiger partial charge in [-0.2, -0.15) is 0 Å². The highest BCUT2D eigenvalue weighted by molar-refractivity contribution is 7.99. The van der Waals surface area contributed by atoms with Crippen LogP contribution in [0.1, 0.15) is 5.56 Å². The van der Waals surface area contributed by atoms with Crippen molar-refractivity contribution < 1.29 is 24.8 Å². The zero-order chi connectivity index (χ0) is 18.5. The Morgan fingerprint density at radius 3 is 2.12 bits per heavy atom. The highest BCUT2D eigenvalue weighted by Crippen LogP contribution is 2.41. The van der Waals surface area contributed by atoms with Crippen LogP contribution in [0.4, 0.5) is 0 Å². The molecule has 3 rings (SSSR count). The van der Waals surface area contributed by atoms with Gasteiger partial charge in [0.15, 0.2) is 0 Å². The molecule has 134 valence electrons. The second-order valence-electron chi connectivity index (χ2n) is 5.52. The van der Waals surface area contributed by atoms with E-state index in [1.54, 1.807) is 25.3 Å². The molecular weight excluding hydrogens is 352 g/mol. The molecule has 3 aromatic carbocycles. The maximum atomic E-state index is 9.97. The lowest BCUT2D eigenvalue weighted by Gasteiger charge is -2.13. The Labute approximate surface area is 155 Å². The molecule has 0 heterocycles. The molecule has 6 heteroatoms. The summed E-state index contributed by atoms with van der Waals surface area (Å²) in [6, 6.07) is 16.7. The van der Waals surface area contributed by atoms with E-state index in [-0.39, 0.29) is 17.2 Å². The predicted molar refractivity (Wildman–Crippen MR) is 99.3 cm³/mol. The maximum Gasteiger partial charge on any atom is 0.137 e. The molecule has 0 unspecified atom stereocenters. The summed E-state index contributed by atoms with van der Waals surface area (Å²) in [6.07, 6.45) is 0. The SMILES string of the molecule is COc1ccc(COc2cc(O)ccc2Sc2ccc(O)cc2O)cc1. The molecule has 0 aliphatic carbocycles. The van der Waals surface area contributed by atoms with Crippen LogP contribution in [0.5, 0.6) is 28.7 Å². The molecule has 0 saturated heterocycles. The Bertz CT molecular complexity index is 893. The van der Waals surface area contributed by atoms with Crippen molar-refractivity contribution in [2.45, 2.75) is 16.4 Å². The van der Waals surface area contributed by atoms with Gasteiger partial charge in [0.1, 0.15) is 35.4 Å². The van der Waals surface area contributed by atoms with Crippen molar-refractivity contribution in [1.82, 2.24) is 0 Å². The predicted octanol–water partition coefficient (Wildman–Crippen LogP) is 4.54. The summed E-state index contributed by atoms with van der Waals surface area (Å²) in [6.45, 7) is 0.322. The van der Waals surface area contributed by atoms with Crippen LogP contribution in [0.3, 0.4) is 0 Å². The second kappa shape index (κ2) is 7.93. The van der Waals surface area contributed by atoms with Crippen LogP contribution in [-0.2, 0) is 6.61 Å². The molecule has 3 aromatic rings. The fourth-order valence-electron chi connectivity index (χ4n) is 2.29.